The molecule has 7 heteroatoms. The summed E-state index contributed by atoms with van der Waals surface area (Å²) in [5.74, 6) is 0.150. The number of aromatic nitrogens is 1. The Morgan fingerprint density at radius 3 is 2.94 bits per heavy atom. The summed E-state index contributed by atoms with van der Waals surface area (Å²) in [4.78, 5) is 28.5. The molecule has 1 unspecified atom stereocenters. The van der Waals surface area contributed by atoms with E-state index in [1.54, 1.807) is 6.07 Å². The van der Waals surface area contributed by atoms with Crippen LogP contribution in [-0.4, -0.2) is 34.8 Å². The van der Waals surface area contributed by atoms with E-state index in [-0.39, 0.29) is 11.8 Å². The molecule has 1 aromatic heterocycles. The van der Waals surface area contributed by atoms with Crippen LogP contribution < -0.4 is 5.32 Å². The van der Waals surface area contributed by atoms with Crippen molar-refractivity contribution < 1.29 is 9.59 Å². The highest BCUT2D eigenvalue weighted by Crippen LogP contribution is 2.25. The number of amides is 2. The van der Waals surface area contributed by atoms with Crippen LogP contribution in [0.4, 0.5) is 5.82 Å². The number of nitrogens with zero attached hydrogens (tertiary/aromatic N) is 2. The highest BCUT2D eigenvalue weighted by Gasteiger charge is 2.32. The van der Waals surface area contributed by atoms with Crippen LogP contribution in [0.15, 0.2) is 16.7 Å². The Bertz CT molecular complexity index is 509. The fourth-order valence-corrected chi connectivity index (χ4v) is 2.49. The maximum Gasteiger partial charge on any atom is 0.251 e. The maximum absolute atomic E-state index is 11.9. The number of piperidine rings is 1. The number of imide groups is 1. The Labute approximate surface area is 118 Å². The van der Waals surface area contributed by atoms with E-state index in [1.165, 1.54) is 13.2 Å². The SMILES string of the molecule is CN1C(=O)CCC(Nc2ncc(Cl)cc2Br)C1=O. The molecule has 0 saturated carbocycles. The number of pyridine rings is 1. The van der Waals surface area contributed by atoms with E-state index in [4.69, 9.17) is 11.6 Å². The molecule has 1 fully saturated rings. The van der Waals surface area contributed by atoms with E-state index < -0.39 is 6.04 Å². The van der Waals surface area contributed by atoms with Gasteiger partial charge in [-0.2, -0.15) is 0 Å². The van der Waals surface area contributed by atoms with Gasteiger partial charge in [-0.25, -0.2) is 4.98 Å². The molecule has 0 aromatic carbocycles. The van der Waals surface area contributed by atoms with Gasteiger partial charge in [0.1, 0.15) is 11.9 Å². The lowest BCUT2D eigenvalue weighted by Gasteiger charge is -2.28. The second-order valence-electron chi connectivity index (χ2n) is 4.01. The van der Waals surface area contributed by atoms with Crippen LogP contribution in [0.1, 0.15) is 12.8 Å². The first-order valence-corrected chi connectivity index (χ1v) is 6.54. The van der Waals surface area contributed by atoms with E-state index in [0.717, 1.165) is 4.90 Å². The topological polar surface area (TPSA) is 62.3 Å². The molecule has 18 heavy (non-hydrogen) atoms. The van der Waals surface area contributed by atoms with E-state index >= 15 is 0 Å². The summed E-state index contributed by atoms with van der Waals surface area (Å²) in [5.41, 5.74) is 0. The van der Waals surface area contributed by atoms with Gasteiger partial charge in [-0.3, -0.25) is 14.5 Å². The van der Waals surface area contributed by atoms with Gasteiger partial charge in [-0.05, 0) is 28.4 Å². The predicted molar refractivity (Wildman–Crippen MR) is 71.4 cm³/mol. The third kappa shape index (κ3) is 2.64. The molecule has 1 aromatic rings. The van der Waals surface area contributed by atoms with Crippen LogP contribution in [0.5, 0.6) is 0 Å². The molecule has 0 bridgehead atoms. The van der Waals surface area contributed by atoms with Crippen molar-refractivity contribution in [1.82, 2.24) is 9.88 Å². The number of carbonyl (C=O) groups is 2. The summed E-state index contributed by atoms with van der Waals surface area (Å²) < 4.78 is 0.683. The number of hydrogen-bond acceptors (Lipinski definition) is 4. The summed E-state index contributed by atoms with van der Waals surface area (Å²) in [6, 6.07) is 1.26. The molecule has 0 aliphatic carbocycles. The lowest BCUT2D eigenvalue weighted by molar-refractivity contribution is -0.146. The molecule has 96 valence electrons. The van der Waals surface area contributed by atoms with Crippen LogP contribution in [0.2, 0.25) is 5.02 Å². The summed E-state index contributed by atoms with van der Waals surface area (Å²) in [5, 5.41) is 3.53. The third-order valence-corrected chi connectivity index (χ3v) is 3.58. The normalized spacial score (nSPS) is 20.2. The number of carbonyl (C=O) groups excluding carboxylic acids is 2. The molecule has 1 aliphatic heterocycles. The molecule has 1 saturated heterocycles. The monoisotopic (exact) mass is 331 g/mol. The third-order valence-electron chi connectivity index (χ3n) is 2.77. The van der Waals surface area contributed by atoms with E-state index in [0.29, 0.717) is 28.2 Å². The molecule has 2 amide bonds. The van der Waals surface area contributed by atoms with Crippen LogP contribution >= 0.6 is 27.5 Å². The van der Waals surface area contributed by atoms with Crippen molar-refractivity contribution in [3.8, 4) is 0 Å². The van der Waals surface area contributed by atoms with Crippen LogP contribution in [-0.2, 0) is 9.59 Å². The first kappa shape index (κ1) is 13.3. The molecule has 2 rings (SSSR count). The summed E-state index contributed by atoms with van der Waals surface area (Å²) in [7, 11) is 1.49. The zero-order valence-electron chi connectivity index (χ0n) is 9.61. The lowest BCUT2D eigenvalue weighted by atomic mass is 10.0. The molecule has 1 atom stereocenters. The first-order chi connectivity index (χ1) is 8.49. The van der Waals surface area contributed by atoms with Crippen molar-refractivity contribution in [3.63, 3.8) is 0 Å². The zero-order chi connectivity index (χ0) is 13.3. The van der Waals surface area contributed by atoms with Gasteiger partial charge in [0.25, 0.3) is 5.91 Å². The Hall–Kier alpha value is -1.14. The lowest BCUT2D eigenvalue weighted by Crippen LogP contribution is -2.48. The maximum atomic E-state index is 11.9. The predicted octanol–water partition coefficient (Wildman–Crippen LogP) is 2.06. The number of likely N-dealkylation sites (N-methyl/N-ethyl adjacent to an activating group) is 1. The molecule has 5 nitrogen and oxygen atoms in total. The minimum absolute atomic E-state index is 0.152. The molecule has 0 spiro atoms. The van der Waals surface area contributed by atoms with E-state index in [9.17, 15) is 9.59 Å². The van der Waals surface area contributed by atoms with Crippen LogP contribution in [0, 0.1) is 0 Å². The quantitative estimate of drug-likeness (QED) is 0.842. The van der Waals surface area contributed by atoms with Gasteiger partial charge >= 0.3 is 0 Å². The number of rotatable bonds is 2. The average molecular weight is 333 g/mol. The van der Waals surface area contributed by atoms with Crippen molar-refractivity contribution in [3.05, 3.63) is 21.8 Å². The highest BCUT2D eigenvalue weighted by atomic mass is 79.9. The average Bonchev–Trinajstić information content (AvgIpc) is 2.33. The number of halogens is 2. The fourth-order valence-electron chi connectivity index (χ4n) is 1.74. The fraction of sp³-hybridized carbons (Fsp3) is 0.364. The Balaban J connectivity index is 2.14. The molecular weight excluding hydrogens is 321 g/mol. The standard InChI is InChI=1S/C11H11BrClN3O2/c1-16-9(17)3-2-8(11(16)18)15-10-7(12)4-6(13)5-14-10/h4-5,8H,2-3H2,1H3,(H,14,15). The molecule has 1 aliphatic rings. The van der Waals surface area contributed by atoms with Gasteiger partial charge in [-0.15, -0.1) is 0 Å². The first-order valence-electron chi connectivity index (χ1n) is 5.37. The number of anilines is 1. The summed E-state index contributed by atoms with van der Waals surface area (Å²) in [6.07, 6.45) is 2.32. The van der Waals surface area contributed by atoms with Crippen molar-refractivity contribution in [2.24, 2.45) is 0 Å². The summed E-state index contributed by atoms with van der Waals surface area (Å²) in [6.45, 7) is 0. The summed E-state index contributed by atoms with van der Waals surface area (Å²) >= 11 is 9.11. The van der Waals surface area contributed by atoms with Gasteiger partial charge in [0.15, 0.2) is 0 Å². The van der Waals surface area contributed by atoms with E-state index in [1.807, 2.05) is 0 Å². The Morgan fingerprint density at radius 2 is 2.28 bits per heavy atom. The van der Waals surface area contributed by atoms with Gasteiger partial charge in [0, 0.05) is 19.7 Å². The zero-order valence-corrected chi connectivity index (χ0v) is 12.0. The minimum Gasteiger partial charge on any atom is -0.357 e. The van der Waals surface area contributed by atoms with Crippen molar-refractivity contribution in [2.45, 2.75) is 18.9 Å². The second kappa shape index (κ2) is 5.24. The molecule has 0 radical (unpaired) electrons. The largest absolute Gasteiger partial charge is 0.357 e. The van der Waals surface area contributed by atoms with Gasteiger partial charge in [-0.1, -0.05) is 11.6 Å². The van der Waals surface area contributed by atoms with Crippen LogP contribution in [0.3, 0.4) is 0 Å². The van der Waals surface area contributed by atoms with Gasteiger partial charge in [0.05, 0.1) is 9.50 Å². The minimum atomic E-state index is -0.433. The van der Waals surface area contributed by atoms with Gasteiger partial charge < -0.3 is 5.32 Å². The molecule has 2 heterocycles. The van der Waals surface area contributed by atoms with Crippen LogP contribution in [0.25, 0.3) is 0 Å². The number of likely N-dealkylation sites (tertiary alicyclic amines) is 1. The number of nitrogens with one attached hydrogen (secondary N) is 1. The Kier molecular flexibility index (Phi) is 3.87. The Morgan fingerprint density at radius 1 is 1.56 bits per heavy atom. The number of hydrogen-bond donors (Lipinski definition) is 1. The van der Waals surface area contributed by atoms with Crippen molar-refractivity contribution in [2.75, 3.05) is 12.4 Å². The van der Waals surface area contributed by atoms with E-state index in [2.05, 4.69) is 26.2 Å². The highest BCUT2D eigenvalue weighted by molar-refractivity contribution is 9.10. The smallest absolute Gasteiger partial charge is 0.251 e. The van der Waals surface area contributed by atoms with Gasteiger partial charge in [0.2, 0.25) is 5.91 Å². The molecular formula is C11H11BrClN3O2. The second-order valence-corrected chi connectivity index (χ2v) is 5.30. The van der Waals surface area contributed by atoms with Crippen molar-refractivity contribution in [1.29, 1.82) is 0 Å². The van der Waals surface area contributed by atoms with Crippen molar-refractivity contribution >= 4 is 45.2 Å². The molecule has 1 N–H and O–H groups in total.